The highest BCUT2D eigenvalue weighted by molar-refractivity contribution is 4.81. The zero-order valence-electron chi connectivity index (χ0n) is 11.0. The van der Waals surface area contributed by atoms with Crippen LogP contribution in [-0.2, 0) is 4.74 Å². The van der Waals surface area contributed by atoms with Gasteiger partial charge >= 0.3 is 0 Å². The fourth-order valence-electron chi connectivity index (χ4n) is 2.87. The summed E-state index contributed by atoms with van der Waals surface area (Å²) in [6.07, 6.45) is 6.51. The highest BCUT2D eigenvalue weighted by Crippen LogP contribution is 2.32. The zero-order valence-corrected chi connectivity index (χ0v) is 11.0. The van der Waals surface area contributed by atoms with Crippen molar-refractivity contribution < 1.29 is 4.74 Å². The molecule has 0 radical (unpaired) electrons. The molecule has 2 unspecified atom stereocenters. The summed E-state index contributed by atoms with van der Waals surface area (Å²) in [7, 11) is 1.77. The predicted molar refractivity (Wildman–Crippen MR) is 67.9 cm³/mol. The third-order valence-electron chi connectivity index (χ3n) is 3.95. The van der Waals surface area contributed by atoms with Gasteiger partial charge in [-0.05, 0) is 37.0 Å². The van der Waals surface area contributed by atoms with Crippen molar-refractivity contribution in [2.45, 2.75) is 52.0 Å². The van der Waals surface area contributed by atoms with Crippen molar-refractivity contribution in [3.05, 3.63) is 0 Å². The molecule has 0 aromatic carbocycles. The molecule has 3 heteroatoms. The van der Waals surface area contributed by atoms with Crippen LogP contribution in [0.15, 0.2) is 0 Å². The van der Waals surface area contributed by atoms with E-state index in [0.29, 0.717) is 12.0 Å². The average molecular weight is 228 g/mol. The molecule has 0 saturated heterocycles. The van der Waals surface area contributed by atoms with E-state index in [-0.39, 0.29) is 0 Å². The van der Waals surface area contributed by atoms with Crippen LogP contribution in [0.2, 0.25) is 0 Å². The highest BCUT2D eigenvalue weighted by atomic mass is 16.5. The number of ether oxygens (including phenoxy) is 1. The van der Waals surface area contributed by atoms with Crippen molar-refractivity contribution in [3.8, 4) is 0 Å². The second kappa shape index (κ2) is 7.25. The van der Waals surface area contributed by atoms with Gasteiger partial charge in [-0.25, -0.2) is 0 Å². The minimum atomic E-state index is 0.470. The Balaban J connectivity index is 2.35. The lowest BCUT2D eigenvalue weighted by Crippen LogP contribution is -2.43. The fourth-order valence-corrected chi connectivity index (χ4v) is 2.87. The van der Waals surface area contributed by atoms with Gasteiger partial charge in [-0.15, -0.1) is 0 Å². The molecule has 1 aliphatic rings. The minimum absolute atomic E-state index is 0.470. The van der Waals surface area contributed by atoms with Crippen molar-refractivity contribution in [2.24, 2.45) is 23.6 Å². The molecule has 2 atom stereocenters. The van der Waals surface area contributed by atoms with Gasteiger partial charge in [0, 0.05) is 19.8 Å². The number of rotatable bonds is 6. The van der Waals surface area contributed by atoms with Crippen LogP contribution in [0, 0.1) is 17.8 Å². The Morgan fingerprint density at radius 2 is 1.94 bits per heavy atom. The zero-order chi connectivity index (χ0) is 12.0. The summed E-state index contributed by atoms with van der Waals surface area (Å²) in [4.78, 5) is 0. The number of hydrogen-bond donors (Lipinski definition) is 2. The smallest absolute Gasteiger partial charge is 0.0488 e. The number of hydrogen-bond acceptors (Lipinski definition) is 3. The molecule has 0 spiro atoms. The molecule has 0 aromatic rings. The van der Waals surface area contributed by atoms with Crippen LogP contribution in [-0.4, -0.2) is 19.8 Å². The van der Waals surface area contributed by atoms with Crippen LogP contribution in [0.1, 0.15) is 46.0 Å². The molecule has 0 amide bonds. The number of hydrazine groups is 1. The van der Waals surface area contributed by atoms with Crippen LogP contribution < -0.4 is 11.3 Å². The molecule has 96 valence electrons. The summed E-state index contributed by atoms with van der Waals surface area (Å²) >= 11 is 0. The molecule has 1 aliphatic carbocycles. The van der Waals surface area contributed by atoms with Gasteiger partial charge in [0.15, 0.2) is 0 Å². The maximum absolute atomic E-state index is 5.69. The molecule has 3 N–H and O–H groups in total. The molecule has 0 aromatic heterocycles. The van der Waals surface area contributed by atoms with E-state index in [2.05, 4.69) is 19.3 Å². The Labute approximate surface area is 100 Å². The van der Waals surface area contributed by atoms with Crippen molar-refractivity contribution in [2.75, 3.05) is 13.7 Å². The summed E-state index contributed by atoms with van der Waals surface area (Å²) < 4.78 is 5.18. The van der Waals surface area contributed by atoms with E-state index in [1.54, 1.807) is 7.11 Å². The topological polar surface area (TPSA) is 47.3 Å². The van der Waals surface area contributed by atoms with Gasteiger partial charge in [0.25, 0.3) is 0 Å². The molecule has 0 heterocycles. The summed E-state index contributed by atoms with van der Waals surface area (Å²) in [5.41, 5.74) is 3.02. The van der Waals surface area contributed by atoms with E-state index in [1.807, 2.05) is 0 Å². The van der Waals surface area contributed by atoms with Gasteiger partial charge in [-0.3, -0.25) is 11.3 Å². The number of methoxy groups -OCH3 is 1. The van der Waals surface area contributed by atoms with Crippen LogP contribution in [0.4, 0.5) is 0 Å². The first-order chi connectivity index (χ1) is 7.67. The monoisotopic (exact) mass is 228 g/mol. The summed E-state index contributed by atoms with van der Waals surface area (Å²) in [5.74, 6) is 7.95. The van der Waals surface area contributed by atoms with E-state index in [0.717, 1.165) is 24.9 Å². The molecular formula is C13H28N2O. The van der Waals surface area contributed by atoms with Crippen LogP contribution >= 0.6 is 0 Å². The SMILES string of the molecule is COCC(C)CC(NN)C1CCC(C)CC1. The third kappa shape index (κ3) is 4.40. The minimum Gasteiger partial charge on any atom is -0.384 e. The molecule has 16 heavy (non-hydrogen) atoms. The van der Waals surface area contributed by atoms with Gasteiger partial charge in [-0.2, -0.15) is 0 Å². The van der Waals surface area contributed by atoms with Crippen LogP contribution in [0.5, 0.6) is 0 Å². The van der Waals surface area contributed by atoms with E-state index in [4.69, 9.17) is 10.6 Å². The van der Waals surface area contributed by atoms with Gasteiger partial charge in [-0.1, -0.05) is 26.7 Å². The maximum atomic E-state index is 5.69. The molecule has 3 nitrogen and oxygen atoms in total. The second-order valence-electron chi connectivity index (χ2n) is 5.59. The normalized spacial score (nSPS) is 30.0. The van der Waals surface area contributed by atoms with Gasteiger partial charge in [0.1, 0.15) is 0 Å². The first-order valence-electron chi connectivity index (χ1n) is 6.62. The predicted octanol–water partition coefficient (Wildman–Crippen LogP) is 2.32. The van der Waals surface area contributed by atoms with Crippen LogP contribution in [0.25, 0.3) is 0 Å². The van der Waals surface area contributed by atoms with Crippen molar-refractivity contribution in [1.29, 1.82) is 0 Å². The van der Waals surface area contributed by atoms with Crippen molar-refractivity contribution >= 4 is 0 Å². The van der Waals surface area contributed by atoms with Crippen LogP contribution in [0.3, 0.4) is 0 Å². The number of nitrogens with two attached hydrogens (primary N) is 1. The Morgan fingerprint density at radius 1 is 1.31 bits per heavy atom. The first-order valence-corrected chi connectivity index (χ1v) is 6.62. The Bertz CT molecular complexity index is 179. The largest absolute Gasteiger partial charge is 0.384 e. The lowest BCUT2D eigenvalue weighted by atomic mass is 9.77. The first kappa shape index (κ1) is 13.9. The lowest BCUT2D eigenvalue weighted by molar-refractivity contribution is 0.134. The molecular weight excluding hydrogens is 200 g/mol. The Kier molecular flexibility index (Phi) is 6.32. The highest BCUT2D eigenvalue weighted by Gasteiger charge is 2.26. The van der Waals surface area contributed by atoms with Gasteiger partial charge < -0.3 is 4.74 Å². The molecule has 1 rings (SSSR count). The maximum Gasteiger partial charge on any atom is 0.0488 e. The molecule has 1 fully saturated rings. The fraction of sp³-hybridized carbons (Fsp3) is 1.00. The van der Waals surface area contributed by atoms with E-state index >= 15 is 0 Å². The Hall–Kier alpha value is -0.120. The lowest BCUT2D eigenvalue weighted by Gasteiger charge is -2.33. The molecule has 1 saturated carbocycles. The van der Waals surface area contributed by atoms with Crippen molar-refractivity contribution in [1.82, 2.24) is 5.43 Å². The van der Waals surface area contributed by atoms with Gasteiger partial charge in [0.2, 0.25) is 0 Å². The standard InChI is InChI=1S/C13H28N2O/c1-10-4-6-12(7-5-10)13(15-14)8-11(2)9-16-3/h10-13,15H,4-9,14H2,1-3H3. The quantitative estimate of drug-likeness (QED) is 0.542. The van der Waals surface area contributed by atoms with E-state index in [9.17, 15) is 0 Å². The van der Waals surface area contributed by atoms with E-state index < -0.39 is 0 Å². The molecule has 0 bridgehead atoms. The third-order valence-corrected chi connectivity index (χ3v) is 3.95. The summed E-state index contributed by atoms with van der Waals surface area (Å²) in [6.45, 7) is 5.43. The average Bonchev–Trinajstić information content (AvgIpc) is 2.27. The second-order valence-corrected chi connectivity index (χ2v) is 5.59. The van der Waals surface area contributed by atoms with Crippen molar-refractivity contribution in [3.63, 3.8) is 0 Å². The number of nitrogens with one attached hydrogen (secondary N) is 1. The Morgan fingerprint density at radius 3 is 2.44 bits per heavy atom. The van der Waals surface area contributed by atoms with E-state index in [1.165, 1.54) is 25.7 Å². The molecule has 0 aliphatic heterocycles. The summed E-state index contributed by atoms with van der Waals surface area (Å²) in [6, 6.07) is 0.470. The summed E-state index contributed by atoms with van der Waals surface area (Å²) in [5, 5.41) is 0. The van der Waals surface area contributed by atoms with Gasteiger partial charge in [0.05, 0.1) is 0 Å².